The zero-order valence-electron chi connectivity index (χ0n) is 11.5. The molecule has 1 aromatic heterocycles. The van der Waals surface area contributed by atoms with Gasteiger partial charge >= 0.3 is 0 Å². The van der Waals surface area contributed by atoms with Gasteiger partial charge in [-0.3, -0.25) is 0 Å². The Morgan fingerprint density at radius 2 is 2.17 bits per heavy atom. The molecule has 1 fully saturated rings. The van der Waals surface area contributed by atoms with Gasteiger partial charge in [-0.05, 0) is 18.8 Å². The highest BCUT2D eigenvalue weighted by molar-refractivity contribution is 4.94. The minimum absolute atomic E-state index is 0.217. The van der Waals surface area contributed by atoms with Crippen molar-refractivity contribution >= 4 is 0 Å². The lowest BCUT2D eigenvalue weighted by molar-refractivity contribution is 0.127. The highest BCUT2D eigenvalue weighted by atomic mass is 16.3. The summed E-state index contributed by atoms with van der Waals surface area (Å²) in [5, 5.41) is 10.2. The smallest absolute Gasteiger partial charge is 0.111 e. The van der Waals surface area contributed by atoms with Crippen LogP contribution in [-0.2, 0) is 13.0 Å². The lowest BCUT2D eigenvalue weighted by atomic mass is 9.85. The molecular weight excluding hydrogens is 224 g/mol. The number of imidazole rings is 1. The molecule has 18 heavy (non-hydrogen) atoms. The van der Waals surface area contributed by atoms with Crippen molar-refractivity contribution in [1.82, 2.24) is 9.55 Å². The van der Waals surface area contributed by atoms with E-state index >= 15 is 0 Å². The van der Waals surface area contributed by atoms with Gasteiger partial charge in [0.15, 0.2) is 0 Å². The molecule has 1 heterocycles. The maximum Gasteiger partial charge on any atom is 0.111 e. The van der Waals surface area contributed by atoms with Gasteiger partial charge in [-0.25, -0.2) is 4.98 Å². The molecule has 0 aromatic carbocycles. The number of hydrogen-bond donors (Lipinski definition) is 1. The minimum atomic E-state index is -0.217. The average Bonchev–Trinajstić information content (AvgIpc) is 2.78. The Morgan fingerprint density at radius 1 is 1.39 bits per heavy atom. The zero-order chi connectivity index (χ0) is 12.8. The largest absolute Gasteiger partial charge is 0.393 e. The van der Waals surface area contributed by atoms with Gasteiger partial charge in [0, 0.05) is 25.4 Å². The van der Waals surface area contributed by atoms with Crippen LogP contribution in [0.25, 0.3) is 0 Å². The van der Waals surface area contributed by atoms with E-state index in [-0.39, 0.29) is 6.10 Å². The lowest BCUT2D eigenvalue weighted by Gasteiger charge is -2.24. The van der Waals surface area contributed by atoms with Crippen LogP contribution in [0.4, 0.5) is 0 Å². The van der Waals surface area contributed by atoms with E-state index in [1.54, 1.807) is 0 Å². The first-order chi connectivity index (χ1) is 8.79. The molecule has 0 amide bonds. The Hall–Kier alpha value is -0.830. The third kappa shape index (κ3) is 3.84. The predicted molar refractivity (Wildman–Crippen MR) is 73.4 cm³/mol. The van der Waals surface area contributed by atoms with Gasteiger partial charge in [0.05, 0.1) is 6.10 Å². The third-order valence-electron chi connectivity index (χ3n) is 4.01. The molecule has 0 aliphatic heterocycles. The van der Waals surface area contributed by atoms with Crippen LogP contribution in [0.1, 0.15) is 57.7 Å². The fourth-order valence-electron chi connectivity index (χ4n) is 3.08. The molecule has 3 nitrogen and oxygen atoms in total. The molecule has 0 saturated heterocycles. The summed E-state index contributed by atoms with van der Waals surface area (Å²) in [4.78, 5) is 4.37. The summed E-state index contributed by atoms with van der Waals surface area (Å²) in [6, 6.07) is 0. The van der Waals surface area contributed by atoms with Crippen molar-refractivity contribution in [2.45, 2.75) is 70.9 Å². The van der Waals surface area contributed by atoms with Gasteiger partial charge in [0.2, 0.25) is 0 Å². The van der Waals surface area contributed by atoms with Crippen molar-refractivity contribution in [3.63, 3.8) is 0 Å². The number of rotatable bonds is 6. The van der Waals surface area contributed by atoms with Gasteiger partial charge in [-0.2, -0.15) is 0 Å². The van der Waals surface area contributed by atoms with Crippen LogP contribution >= 0.6 is 0 Å². The normalized spacial score (nSPS) is 19.0. The van der Waals surface area contributed by atoms with E-state index in [9.17, 15) is 5.11 Å². The number of nitrogens with zero attached hydrogens (tertiary/aromatic N) is 2. The number of hydrogen-bond acceptors (Lipinski definition) is 2. The summed E-state index contributed by atoms with van der Waals surface area (Å²) in [6.07, 6.45) is 13.1. The Labute approximate surface area is 110 Å². The van der Waals surface area contributed by atoms with Crippen LogP contribution < -0.4 is 0 Å². The van der Waals surface area contributed by atoms with Crippen LogP contribution in [0.15, 0.2) is 12.4 Å². The van der Waals surface area contributed by atoms with Crippen molar-refractivity contribution in [3.05, 3.63) is 18.2 Å². The molecule has 2 rings (SSSR count). The predicted octanol–water partition coefficient (Wildman–Crippen LogP) is 3.17. The molecule has 1 unspecified atom stereocenters. The summed E-state index contributed by atoms with van der Waals surface area (Å²) in [6.45, 7) is 3.17. The number of aromatic nitrogens is 2. The van der Waals surface area contributed by atoms with Gasteiger partial charge < -0.3 is 9.67 Å². The van der Waals surface area contributed by atoms with E-state index in [0.29, 0.717) is 6.42 Å². The molecular formula is C15H26N2O. The van der Waals surface area contributed by atoms with E-state index in [4.69, 9.17) is 0 Å². The van der Waals surface area contributed by atoms with Crippen LogP contribution in [0.2, 0.25) is 0 Å². The van der Waals surface area contributed by atoms with Crippen LogP contribution in [0.3, 0.4) is 0 Å². The maximum absolute atomic E-state index is 10.2. The van der Waals surface area contributed by atoms with E-state index in [0.717, 1.165) is 31.1 Å². The standard InChI is InChI=1S/C15H26N2O/c1-2-9-17-10-8-16-15(17)12-14(18)11-13-6-4-3-5-7-13/h8,10,13-14,18H,2-7,9,11-12H2,1H3. The van der Waals surface area contributed by atoms with Crippen molar-refractivity contribution in [2.75, 3.05) is 0 Å². The molecule has 1 saturated carbocycles. The Balaban J connectivity index is 1.82. The molecule has 3 heteroatoms. The second-order valence-corrected chi connectivity index (χ2v) is 5.63. The molecule has 0 bridgehead atoms. The average molecular weight is 250 g/mol. The van der Waals surface area contributed by atoms with Gasteiger partial charge in [0.1, 0.15) is 5.82 Å². The Bertz CT molecular complexity index is 342. The first-order valence-corrected chi connectivity index (χ1v) is 7.47. The molecule has 102 valence electrons. The molecule has 1 aromatic rings. The summed E-state index contributed by atoms with van der Waals surface area (Å²) in [5.74, 6) is 1.78. The fourth-order valence-corrected chi connectivity index (χ4v) is 3.08. The minimum Gasteiger partial charge on any atom is -0.393 e. The second kappa shape index (κ2) is 6.93. The lowest BCUT2D eigenvalue weighted by Crippen LogP contribution is -2.20. The molecule has 0 radical (unpaired) electrons. The van der Waals surface area contributed by atoms with Gasteiger partial charge in [-0.1, -0.05) is 39.0 Å². The number of aliphatic hydroxyl groups excluding tert-OH is 1. The first-order valence-electron chi connectivity index (χ1n) is 7.47. The van der Waals surface area contributed by atoms with E-state index < -0.39 is 0 Å². The molecule has 1 aliphatic rings. The number of aliphatic hydroxyl groups is 1. The van der Waals surface area contributed by atoms with Gasteiger partial charge in [-0.15, -0.1) is 0 Å². The van der Waals surface area contributed by atoms with Crippen molar-refractivity contribution < 1.29 is 5.11 Å². The molecule has 1 atom stereocenters. The van der Waals surface area contributed by atoms with Crippen molar-refractivity contribution in [3.8, 4) is 0 Å². The van der Waals surface area contributed by atoms with E-state index in [2.05, 4.69) is 16.5 Å². The van der Waals surface area contributed by atoms with Crippen molar-refractivity contribution in [2.24, 2.45) is 5.92 Å². The molecule has 0 spiro atoms. The molecule has 1 N–H and O–H groups in total. The zero-order valence-corrected chi connectivity index (χ0v) is 11.5. The van der Waals surface area contributed by atoms with Crippen LogP contribution in [0.5, 0.6) is 0 Å². The first kappa shape index (κ1) is 13.6. The topological polar surface area (TPSA) is 38.0 Å². The summed E-state index contributed by atoms with van der Waals surface area (Å²) in [5.41, 5.74) is 0. The maximum atomic E-state index is 10.2. The Kier molecular flexibility index (Phi) is 5.24. The summed E-state index contributed by atoms with van der Waals surface area (Å²) < 4.78 is 2.17. The highest BCUT2D eigenvalue weighted by Crippen LogP contribution is 2.27. The van der Waals surface area contributed by atoms with E-state index in [1.165, 1.54) is 32.1 Å². The van der Waals surface area contributed by atoms with E-state index in [1.807, 2.05) is 12.4 Å². The highest BCUT2D eigenvalue weighted by Gasteiger charge is 2.18. The van der Waals surface area contributed by atoms with Crippen LogP contribution in [-0.4, -0.2) is 20.8 Å². The van der Waals surface area contributed by atoms with Crippen molar-refractivity contribution in [1.29, 1.82) is 0 Å². The summed E-state index contributed by atoms with van der Waals surface area (Å²) in [7, 11) is 0. The summed E-state index contributed by atoms with van der Waals surface area (Å²) >= 11 is 0. The Morgan fingerprint density at radius 3 is 2.89 bits per heavy atom. The third-order valence-corrected chi connectivity index (χ3v) is 4.01. The van der Waals surface area contributed by atoms with Crippen LogP contribution in [0, 0.1) is 5.92 Å². The van der Waals surface area contributed by atoms with Gasteiger partial charge in [0.25, 0.3) is 0 Å². The SMILES string of the molecule is CCCn1ccnc1CC(O)CC1CCCCC1. The fraction of sp³-hybridized carbons (Fsp3) is 0.800. The number of aryl methyl sites for hydroxylation is 1. The monoisotopic (exact) mass is 250 g/mol. The quantitative estimate of drug-likeness (QED) is 0.842. The molecule has 1 aliphatic carbocycles. The second-order valence-electron chi connectivity index (χ2n) is 5.63.